The number of hydrazine groups is 1. The Hall–Kier alpha value is -2.24. The number of hydrogen-bond acceptors (Lipinski definition) is 3. The van der Waals surface area contributed by atoms with Crippen LogP contribution in [0.3, 0.4) is 0 Å². The fraction of sp³-hybridized carbons (Fsp3) is 0.500. The monoisotopic (exact) mass is 306 g/mol. The van der Waals surface area contributed by atoms with E-state index in [0.717, 1.165) is 18.5 Å². The smallest absolute Gasteiger partial charge is 0.319 e. The number of carbonyl (C=O) groups is 2. The van der Waals surface area contributed by atoms with Crippen molar-refractivity contribution in [3.8, 4) is 0 Å². The van der Waals surface area contributed by atoms with Crippen molar-refractivity contribution in [1.82, 2.24) is 10.7 Å². The van der Waals surface area contributed by atoms with E-state index in [9.17, 15) is 9.59 Å². The molecule has 0 spiro atoms. The van der Waals surface area contributed by atoms with Gasteiger partial charge in [0.15, 0.2) is 0 Å². The number of amides is 3. The van der Waals surface area contributed by atoms with E-state index >= 15 is 0 Å². The molecule has 3 amide bonds. The topological polar surface area (TPSA) is 82.3 Å². The van der Waals surface area contributed by atoms with Crippen LogP contribution in [0.25, 0.3) is 0 Å². The van der Waals surface area contributed by atoms with Gasteiger partial charge in [-0.1, -0.05) is 39.0 Å². The van der Waals surface area contributed by atoms with Crippen LogP contribution < -0.4 is 21.5 Å². The number of carbonyl (C=O) groups excluding carboxylic acids is 2. The summed E-state index contributed by atoms with van der Waals surface area (Å²) in [6.45, 7) is 2.90. The molecule has 0 unspecified atom stereocenters. The Balaban J connectivity index is 2.15. The number of urea groups is 1. The number of hydrogen-bond donors (Lipinski definition) is 4. The van der Waals surface area contributed by atoms with Crippen molar-refractivity contribution in [1.29, 1.82) is 0 Å². The summed E-state index contributed by atoms with van der Waals surface area (Å²) in [7, 11) is 0. The predicted molar refractivity (Wildman–Crippen MR) is 89.7 cm³/mol. The van der Waals surface area contributed by atoms with E-state index in [1.807, 2.05) is 0 Å². The Morgan fingerprint density at radius 3 is 2.32 bits per heavy atom. The van der Waals surface area contributed by atoms with Crippen molar-refractivity contribution in [3.05, 3.63) is 24.3 Å². The van der Waals surface area contributed by atoms with Gasteiger partial charge in [0.05, 0.1) is 5.69 Å². The quantitative estimate of drug-likeness (QED) is 0.288. The molecule has 1 aromatic rings. The van der Waals surface area contributed by atoms with Gasteiger partial charge < -0.3 is 10.6 Å². The fourth-order valence-corrected chi connectivity index (χ4v) is 2.03. The lowest BCUT2D eigenvalue weighted by molar-refractivity contribution is -0.109. The van der Waals surface area contributed by atoms with Crippen LogP contribution in [0.4, 0.5) is 16.2 Å². The molecular formula is C16H26N4O2. The van der Waals surface area contributed by atoms with Crippen molar-refractivity contribution in [3.63, 3.8) is 0 Å². The zero-order valence-electron chi connectivity index (χ0n) is 13.2. The first-order chi connectivity index (χ1) is 10.8. The Bertz CT molecular complexity index is 434. The first kappa shape index (κ1) is 17.8. The van der Waals surface area contributed by atoms with Crippen LogP contribution in [0.15, 0.2) is 24.3 Å². The number of rotatable bonds is 11. The van der Waals surface area contributed by atoms with Crippen molar-refractivity contribution in [2.45, 2.75) is 45.4 Å². The van der Waals surface area contributed by atoms with Gasteiger partial charge in [-0.3, -0.25) is 15.6 Å². The summed E-state index contributed by atoms with van der Waals surface area (Å²) >= 11 is 0. The zero-order valence-corrected chi connectivity index (χ0v) is 13.2. The van der Waals surface area contributed by atoms with Gasteiger partial charge in [-0.25, -0.2) is 4.79 Å². The molecule has 0 aliphatic carbocycles. The Morgan fingerprint density at radius 2 is 1.64 bits per heavy atom. The Kier molecular flexibility index (Phi) is 9.25. The van der Waals surface area contributed by atoms with E-state index in [4.69, 9.17) is 0 Å². The molecule has 4 N–H and O–H groups in total. The van der Waals surface area contributed by atoms with Gasteiger partial charge in [-0.15, -0.1) is 0 Å². The second-order valence-corrected chi connectivity index (χ2v) is 5.11. The maximum atomic E-state index is 11.7. The van der Waals surface area contributed by atoms with Gasteiger partial charge in [-0.2, -0.15) is 0 Å². The average Bonchev–Trinajstić information content (AvgIpc) is 2.53. The van der Waals surface area contributed by atoms with E-state index in [0.29, 0.717) is 18.6 Å². The molecule has 6 heteroatoms. The van der Waals surface area contributed by atoms with Crippen LogP contribution >= 0.6 is 0 Å². The number of nitrogens with one attached hydrogen (secondary N) is 4. The summed E-state index contributed by atoms with van der Waals surface area (Å²) in [6.07, 6.45) is 7.79. The van der Waals surface area contributed by atoms with Gasteiger partial charge in [0, 0.05) is 12.2 Å². The third-order valence-electron chi connectivity index (χ3n) is 3.23. The minimum Gasteiger partial charge on any atom is -0.338 e. The fourth-order valence-electron chi connectivity index (χ4n) is 2.03. The molecule has 0 aromatic heterocycles. The van der Waals surface area contributed by atoms with Gasteiger partial charge in [0.25, 0.3) is 0 Å². The molecule has 122 valence electrons. The van der Waals surface area contributed by atoms with Crippen LogP contribution in [0.1, 0.15) is 45.4 Å². The standard InChI is InChI=1S/C16H26N4O2/c1-2-3-4-5-6-7-12-17-16(22)19-14-8-10-15(11-9-14)20-18-13-21/h8-11,13,20H,2-7,12H2,1H3,(H,18,21)(H2,17,19,22). The third-order valence-corrected chi connectivity index (χ3v) is 3.23. The van der Waals surface area contributed by atoms with Crippen molar-refractivity contribution in [2.24, 2.45) is 0 Å². The van der Waals surface area contributed by atoms with Crippen LogP contribution in [-0.2, 0) is 4.79 Å². The van der Waals surface area contributed by atoms with Gasteiger partial charge >= 0.3 is 6.03 Å². The molecule has 0 aliphatic heterocycles. The molecule has 0 radical (unpaired) electrons. The number of anilines is 2. The summed E-state index contributed by atoms with van der Waals surface area (Å²) < 4.78 is 0. The number of benzene rings is 1. The Labute approximate surface area is 132 Å². The highest BCUT2D eigenvalue weighted by Crippen LogP contribution is 2.12. The second-order valence-electron chi connectivity index (χ2n) is 5.11. The van der Waals surface area contributed by atoms with E-state index in [2.05, 4.69) is 28.4 Å². The van der Waals surface area contributed by atoms with Gasteiger partial charge in [-0.05, 0) is 30.7 Å². The Morgan fingerprint density at radius 1 is 1.00 bits per heavy atom. The molecule has 0 bridgehead atoms. The molecule has 0 saturated carbocycles. The highest BCUT2D eigenvalue weighted by molar-refractivity contribution is 5.89. The molecule has 22 heavy (non-hydrogen) atoms. The summed E-state index contributed by atoms with van der Waals surface area (Å²) in [6, 6.07) is 6.86. The number of unbranched alkanes of at least 4 members (excludes halogenated alkanes) is 5. The lowest BCUT2D eigenvalue weighted by Gasteiger charge is -2.09. The second kappa shape index (κ2) is 11.4. The molecule has 0 fully saturated rings. The zero-order chi connectivity index (χ0) is 16.0. The van der Waals surface area contributed by atoms with Crippen LogP contribution in [0.2, 0.25) is 0 Å². The van der Waals surface area contributed by atoms with E-state index in [1.54, 1.807) is 24.3 Å². The van der Waals surface area contributed by atoms with Crippen molar-refractivity contribution in [2.75, 3.05) is 17.3 Å². The van der Waals surface area contributed by atoms with E-state index < -0.39 is 0 Å². The van der Waals surface area contributed by atoms with Crippen LogP contribution in [0.5, 0.6) is 0 Å². The first-order valence-electron chi connectivity index (χ1n) is 7.86. The largest absolute Gasteiger partial charge is 0.338 e. The molecule has 1 rings (SSSR count). The van der Waals surface area contributed by atoms with E-state index in [1.165, 1.54) is 25.7 Å². The minimum atomic E-state index is -0.194. The normalized spacial score (nSPS) is 9.86. The minimum absolute atomic E-state index is 0.194. The molecule has 0 saturated heterocycles. The highest BCUT2D eigenvalue weighted by Gasteiger charge is 2.01. The average molecular weight is 306 g/mol. The lowest BCUT2D eigenvalue weighted by Crippen LogP contribution is -2.29. The molecule has 6 nitrogen and oxygen atoms in total. The van der Waals surface area contributed by atoms with Gasteiger partial charge in [0.1, 0.15) is 0 Å². The van der Waals surface area contributed by atoms with Crippen molar-refractivity contribution >= 4 is 23.8 Å². The summed E-state index contributed by atoms with van der Waals surface area (Å²) in [5.41, 5.74) is 6.48. The van der Waals surface area contributed by atoms with Gasteiger partial charge in [0.2, 0.25) is 6.41 Å². The first-order valence-corrected chi connectivity index (χ1v) is 7.86. The lowest BCUT2D eigenvalue weighted by atomic mass is 10.1. The molecule has 1 aromatic carbocycles. The third kappa shape index (κ3) is 8.14. The molecule has 0 atom stereocenters. The van der Waals surface area contributed by atoms with Crippen LogP contribution in [0, 0.1) is 0 Å². The maximum absolute atomic E-state index is 11.7. The predicted octanol–water partition coefficient (Wildman–Crippen LogP) is 3.24. The highest BCUT2D eigenvalue weighted by atomic mass is 16.2. The molecule has 0 aliphatic rings. The summed E-state index contributed by atoms with van der Waals surface area (Å²) in [5, 5.41) is 5.62. The summed E-state index contributed by atoms with van der Waals surface area (Å²) in [5.74, 6) is 0. The van der Waals surface area contributed by atoms with Crippen LogP contribution in [-0.4, -0.2) is 19.0 Å². The SMILES string of the molecule is CCCCCCCCNC(=O)Nc1ccc(NNC=O)cc1. The van der Waals surface area contributed by atoms with Crippen molar-refractivity contribution < 1.29 is 9.59 Å². The molecular weight excluding hydrogens is 280 g/mol. The summed E-state index contributed by atoms with van der Waals surface area (Å²) in [4.78, 5) is 21.9. The molecule has 0 heterocycles. The maximum Gasteiger partial charge on any atom is 0.319 e. The van der Waals surface area contributed by atoms with E-state index in [-0.39, 0.29) is 6.03 Å².